The largest absolute Gasteiger partial charge is 0.396 e. The number of hydrogen-bond acceptors (Lipinski definition) is 2. The van der Waals surface area contributed by atoms with Crippen LogP contribution in [0.1, 0.15) is 31.2 Å². The second-order valence-corrected chi connectivity index (χ2v) is 5.72. The van der Waals surface area contributed by atoms with E-state index in [-0.39, 0.29) is 0 Å². The molecule has 2 heterocycles. The maximum atomic E-state index is 8.88. The van der Waals surface area contributed by atoms with Crippen molar-refractivity contribution < 1.29 is 5.11 Å². The number of aliphatic hydroxyl groups excluding tert-OH is 1. The number of aromatic nitrogens is 3. The van der Waals surface area contributed by atoms with Crippen molar-refractivity contribution in [1.82, 2.24) is 14.5 Å². The van der Waals surface area contributed by atoms with Crippen LogP contribution in [-0.4, -0.2) is 26.2 Å². The average Bonchev–Trinajstić information content (AvgIpc) is 3.15. The van der Waals surface area contributed by atoms with Crippen LogP contribution in [0, 0.1) is 6.92 Å². The van der Waals surface area contributed by atoms with Crippen LogP contribution in [0.4, 0.5) is 0 Å². The minimum absolute atomic E-state index is 0.295. The fourth-order valence-corrected chi connectivity index (χ4v) is 3.14. The van der Waals surface area contributed by atoms with E-state index >= 15 is 0 Å². The maximum absolute atomic E-state index is 8.88. The molecule has 0 unspecified atom stereocenters. The molecule has 0 saturated heterocycles. The van der Waals surface area contributed by atoms with E-state index in [1.165, 1.54) is 22.2 Å². The lowest BCUT2D eigenvalue weighted by Crippen LogP contribution is -2.02. The lowest BCUT2D eigenvalue weighted by molar-refractivity contribution is 0.282. The van der Waals surface area contributed by atoms with Crippen molar-refractivity contribution in [2.75, 3.05) is 6.61 Å². The number of unbranched alkanes of at least 4 members (excludes halogenated alkanes) is 3. The first-order valence-corrected chi connectivity index (χ1v) is 8.01. The molecule has 4 heteroatoms. The van der Waals surface area contributed by atoms with Gasteiger partial charge < -0.3 is 14.7 Å². The van der Waals surface area contributed by atoms with E-state index < -0.39 is 0 Å². The van der Waals surface area contributed by atoms with E-state index in [0.717, 1.165) is 38.1 Å². The fraction of sp³-hybridized carbons (Fsp3) is 0.389. The van der Waals surface area contributed by atoms with E-state index in [9.17, 15) is 0 Å². The molecule has 22 heavy (non-hydrogen) atoms. The summed E-state index contributed by atoms with van der Waals surface area (Å²) in [6.07, 6.45) is 7.92. The van der Waals surface area contributed by atoms with Gasteiger partial charge in [-0.2, -0.15) is 0 Å². The molecule has 0 atom stereocenters. The van der Waals surface area contributed by atoms with Crippen molar-refractivity contribution in [3.05, 3.63) is 42.2 Å². The number of aryl methyl sites for hydroxylation is 2. The van der Waals surface area contributed by atoms with Crippen LogP contribution in [-0.2, 0) is 6.54 Å². The van der Waals surface area contributed by atoms with Gasteiger partial charge >= 0.3 is 0 Å². The number of hydrogen-bond donors (Lipinski definition) is 2. The first kappa shape index (κ1) is 14.9. The van der Waals surface area contributed by atoms with Crippen molar-refractivity contribution in [1.29, 1.82) is 0 Å². The Morgan fingerprint density at radius 3 is 2.73 bits per heavy atom. The fourth-order valence-electron chi connectivity index (χ4n) is 3.14. The van der Waals surface area contributed by atoms with Gasteiger partial charge in [-0.1, -0.05) is 31.0 Å². The molecule has 0 amide bonds. The zero-order chi connectivity index (χ0) is 15.4. The smallest absolute Gasteiger partial charge is 0.154 e. The second-order valence-electron chi connectivity index (χ2n) is 5.72. The molecule has 0 fully saturated rings. The highest BCUT2D eigenvalue weighted by Crippen LogP contribution is 2.31. The molecule has 2 N–H and O–H groups in total. The summed E-state index contributed by atoms with van der Waals surface area (Å²) in [5.74, 6) is 0.934. The minimum Gasteiger partial charge on any atom is -0.396 e. The molecular formula is C18H23N3O. The number of imidazole rings is 1. The molecule has 0 aliphatic heterocycles. The van der Waals surface area contributed by atoms with Gasteiger partial charge in [-0.25, -0.2) is 4.98 Å². The predicted molar refractivity (Wildman–Crippen MR) is 89.8 cm³/mol. The van der Waals surface area contributed by atoms with Crippen molar-refractivity contribution in [3.8, 4) is 11.5 Å². The molecule has 1 aromatic carbocycles. The summed E-state index contributed by atoms with van der Waals surface area (Å²) in [4.78, 5) is 7.69. The van der Waals surface area contributed by atoms with Crippen LogP contribution in [0.3, 0.4) is 0 Å². The number of rotatable bonds is 7. The standard InChI is InChI=1S/C18H23N3O/c1-14-15-8-4-5-9-16(15)21(12-6-2-3-7-13-22)17(14)18-19-10-11-20-18/h4-5,8-11,22H,2-3,6-7,12-13H2,1H3,(H,19,20). The summed E-state index contributed by atoms with van der Waals surface area (Å²) in [7, 11) is 0. The molecule has 116 valence electrons. The van der Waals surface area contributed by atoms with Crippen molar-refractivity contribution >= 4 is 10.9 Å². The molecule has 0 bridgehead atoms. The van der Waals surface area contributed by atoms with Gasteiger partial charge in [0.05, 0.1) is 5.69 Å². The SMILES string of the molecule is Cc1c(-c2ncc[nH]2)n(CCCCCCO)c2ccccc12. The molecule has 3 rings (SSSR count). The van der Waals surface area contributed by atoms with Crippen LogP contribution in [0.25, 0.3) is 22.4 Å². The summed E-state index contributed by atoms with van der Waals surface area (Å²) >= 11 is 0. The van der Waals surface area contributed by atoms with E-state index in [2.05, 4.69) is 45.7 Å². The zero-order valence-corrected chi connectivity index (χ0v) is 13.0. The van der Waals surface area contributed by atoms with Gasteiger partial charge in [0.25, 0.3) is 0 Å². The Balaban J connectivity index is 1.94. The number of fused-ring (bicyclic) bond motifs is 1. The highest BCUT2D eigenvalue weighted by molar-refractivity contribution is 5.90. The number of nitrogens with one attached hydrogen (secondary N) is 1. The zero-order valence-electron chi connectivity index (χ0n) is 13.0. The van der Waals surface area contributed by atoms with E-state index in [0.29, 0.717) is 6.61 Å². The second kappa shape index (κ2) is 6.79. The minimum atomic E-state index is 0.295. The Morgan fingerprint density at radius 1 is 1.14 bits per heavy atom. The van der Waals surface area contributed by atoms with Gasteiger partial charge in [0.2, 0.25) is 0 Å². The number of aromatic amines is 1. The van der Waals surface area contributed by atoms with Gasteiger partial charge in [-0.05, 0) is 31.4 Å². The predicted octanol–water partition coefficient (Wildman–Crippen LogP) is 3.89. The Hall–Kier alpha value is -2.07. The van der Waals surface area contributed by atoms with Gasteiger partial charge in [0, 0.05) is 36.4 Å². The molecule has 4 nitrogen and oxygen atoms in total. The third-order valence-electron chi connectivity index (χ3n) is 4.24. The van der Waals surface area contributed by atoms with Crippen LogP contribution < -0.4 is 0 Å². The number of nitrogens with zero attached hydrogens (tertiary/aromatic N) is 2. The van der Waals surface area contributed by atoms with Crippen molar-refractivity contribution in [3.63, 3.8) is 0 Å². The topological polar surface area (TPSA) is 53.8 Å². The average molecular weight is 297 g/mol. The third kappa shape index (κ3) is 2.79. The maximum Gasteiger partial charge on any atom is 0.154 e. The van der Waals surface area contributed by atoms with Crippen LogP contribution in [0.5, 0.6) is 0 Å². The molecule has 0 radical (unpaired) electrons. The van der Waals surface area contributed by atoms with Crippen LogP contribution >= 0.6 is 0 Å². The molecule has 0 aliphatic rings. The molecule has 2 aromatic heterocycles. The van der Waals surface area contributed by atoms with Crippen molar-refractivity contribution in [2.45, 2.75) is 39.2 Å². The molecular weight excluding hydrogens is 274 g/mol. The third-order valence-corrected chi connectivity index (χ3v) is 4.24. The van der Waals surface area contributed by atoms with Gasteiger partial charge in [0.1, 0.15) is 0 Å². The van der Waals surface area contributed by atoms with Gasteiger partial charge in [-0.15, -0.1) is 0 Å². The summed E-state index contributed by atoms with van der Waals surface area (Å²) in [6, 6.07) is 8.55. The molecule has 0 saturated carbocycles. The summed E-state index contributed by atoms with van der Waals surface area (Å²) in [5.41, 5.74) is 3.74. The van der Waals surface area contributed by atoms with E-state index in [4.69, 9.17) is 5.11 Å². The lowest BCUT2D eigenvalue weighted by atomic mass is 10.1. The number of aliphatic hydroxyl groups is 1. The lowest BCUT2D eigenvalue weighted by Gasteiger charge is -2.10. The molecule has 0 spiro atoms. The molecule has 3 aromatic rings. The Bertz CT molecular complexity index is 728. The Labute approximate surface area is 130 Å². The normalized spacial score (nSPS) is 11.4. The van der Waals surface area contributed by atoms with Crippen molar-refractivity contribution in [2.24, 2.45) is 0 Å². The first-order chi connectivity index (χ1) is 10.8. The van der Waals surface area contributed by atoms with Crippen LogP contribution in [0.2, 0.25) is 0 Å². The van der Waals surface area contributed by atoms with E-state index in [1.54, 1.807) is 6.20 Å². The highest BCUT2D eigenvalue weighted by atomic mass is 16.2. The number of H-pyrrole nitrogens is 1. The summed E-state index contributed by atoms with van der Waals surface area (Å²) < 4.78 is 2.38. The number of para-hydroxylation sites is 1. The van der Waals surface area contributed by atoms with E-state index in [1.807, 2.05) is 6.20 Å². The Kier molecular flexibility index (Phi) is 4.59. The molecule has 0 aliphatic carbocycles. The quantitative estimate of drug-likeness (QED) is 0.650. The first-order valence-electron chi connectivity index (χ1n) is 8.01. The number of benzene rings is 1. The summed E-state index contributed by atoms with van der Waals surface area (Å²) in [5, 5.41) is 10.2. The highest BCUT2D eigenvalue weighted by Gasteiger charge is 2.16. The van der Waals surface area contributed by atoms with Crippen LogP contribution in [0.15, 0.2) is 36.7 Å². The Morgan fingerprint density at radius 2 is 1.95 bits per heavy atom. The monoisotopic (exact) mass is 297 g/mol. The van der Waals surface area contributed by atoms with Gasteiger partial charge in [0.15, 0.2) is 5.82 Å². The summed E-state index contributed by atoms with van der Waals surface area (Å²) in [6.45, 7) is 3.45. The van der Waals surface area contributed by atoms with Gasteiger partial charge in [-0.3, -0.25) is 0 Å².